The van der Waals surface area contributed by atoms with Crippen molar-refractivity contribution in [1.29, 1.82) is 0 Å². The number of ether oxygens (including phenoxy) is 1. The van der Waals surface area contributed by atoms with Gasteiger partial charge in [-0.05, 0) is 36.5 Å². The molecule has 5 heteroatoms. The first-order chi connectivity index (χ1) is 10.7. The SMILES string of the molecule is COc1ccc(CCNC(=O)CN2C[C@H]3C[C@H](O)[C@H]3C2)cc1. The lowest BCUT2D eigenvalue weighted by Crippen LogP contribution is -2.40. The van der Waals surface area contributed by atoms with E-state index >= 15 is 0 Å². The van der Waals surface area contributed by atoms with Crippen LogP contribution < -0.4 is 10.1 Å². The van der Waals surface area contributed by atoms with E-state index in [1.165, 1.54) is 5.56 Å². The first kappa shape index (κ1) is 15.3. The zero-order chi connectivity index (χ0) is 15.5. The summed E-state index contributed by atoms with van der Waals surface area (Å²) in [7, 11) is 1.65. The van der Waals surface area contributed by atoms with E-state index in [-0.39, 0.29) is 12.0 Å². The Kier molecular flexibility index (Phi) is 4.64. The molecule has 0 aromatic heterocycles. The topological polar surface area (TPSA) is 61.8 Å². The molecule has 0 unspecified atom stereocenters. The van der Waals surface area contributed by atoms with E-state index in [9.17, 15) is 9.90 Å². The molecule has 0 radical (unpaired) electrons. The molecule has 3 atom stereocenters. The van der Waals surface area contributed by atoms with E-state index in [1.807, 2.05) is 24.3 Å². The Balaban J connectivity index is 1.35. The predicted octanol–water partition coefficient (Wildman–Crippen LogP) is 0.666. The van der Waals surface area contributed by atoms with Gasteiger partial charge in [-0.2, -0.15) is 0 Å². The first-order valence-electron chi connectivity index (χ1n) is 7.96. The number of rotatable bonds is 6. The quantitative estimate of drug-likeness (QED) is 0.811. The number of hydrogen-bond acceptors (Lipinski definition) is 4. The van der Waals surface area contributed by atoms with Gasteiger partial charge in [0.1, 0.15) is 5.75 Å². The summed E-state index contributed by atoms with van der Waals surface area (Å²) in [4.78, 5) is 14.1. The van der Waals surface area contributed by atoms with Crippen LogP contribution in [0.5, 0.6) is 5.75 Å². The maximum Gasteiger partial charge on any atom is 0.234 e. The largest absolute Gasteiger partial charge is 0.497 e. The second-order valence-electron chi connectivity index (χ2n) is 6.37. The Morgan fingerprint density at radius 1 is 1.36 bits per heavy atom. The maximum atomic E-state index is 12.0. The van der Waals surface area contributed by atoms with Gasteiger partial charge in [-0.25, -0.2) is 0 Å². The van der Waals surface area contributed by atoms with E-state index in [4.69, 9.17) is 4.74 Å². The highest BCUT2D eigenvalue weighted by molar-refractivity contribution is 5.78. The van der Waals surface area contributed by atoms with Crippen LogP contribution in [0.3, 0.4) is 0 Å². The Hall–Kier alpha value is -1.59. The number of benzene rings is 1. The van der Waals surface area contributed by atoms with E-state index in [0.717, 1.165) is 31.7 Å². The highest BCUT2D eigenvalue weighted by atomic mass is 16.5. The van der Waals surface area contributed by atoms with Crippen molar-refractivity contribution in [2.75, 3.05) is 33.3 Å². The van der Waals surface area contributed by atoms with Crippen molar-refractivity contribution in [3.63, 3.8) is 0 Å². The molecular formula is C17H24N2O3. The molecule has 1 saturated heterocycles. The van der Waals surface area contributed by atoms with Gasteiger partial charge in [0, 0.05) is 25.6 Å². The molecule has 1 saturated carbocycles. The summed E-state index contributed by atoms with van der Waals surface area (Å²) in [5.41, 5.74) is 1.18. The molecule has 0 spiro atoms. The molecule has 22 heavy (non-hydrogen) atoms. The van der Waals surface area contributed by atoms with Crippen LogP contribution in [-0.4, -0.2) is 55.3 Å². The van der Waals surface area contributed by atoms with Crippen LogP contribution in [0.15, 0.2) is 24.3 Å². The minimum absolute atomic E-state index is 0.0734. The number of amides is 1. The highest BCUT2D eigenvalue weighted by Gasteiger charge is 2.46. The number of aliphatic hydroxyl groups excluding tert-OH is 1. The van der Waals surface area contributed by atoms with Gasteiger partial charge in [0.05, 0.1) is 19.8 Å². The van der Waals surface area contributed by atoms with Crippen molar-refractivity contribution >= 4 is 5.91 Å². The maximum absolute atomic E-state index is 12.0. The molecular weight excluding hydrogens is 280 g/mol. The fourth-order valence-corrected chi connectivity index (χ4v) is 3.49. The number of methoxy groups -OCH3 is 1. The molecule has 0 bridgehead atoms. The molecule has 2 fully saturated rings. The summed E-state index contributed by atoms with van der Waals surface area (Å²) < 4.78 is 5.12. The average Bonchev–Trinajstić information content (AvgIpc) is 2.84. The van der Waals surface area contributed by atoms with Crippen LogP contribution in [-0.2, 0) is 11.2 Å². The lowest BCUT2D eigenvalue weighted by atomic mass is 9.74. The van der Waals surface area contributed by atoms with E-state index in [1.54, 1.807) is 7.11 Å². The molecule has 1 aliphatic heterocycles. The molecule has 1 aromatic carbocycles. The van der Waals surface area contributed by atoms with Gasteiger partial charge in [-0.15, -0.1) is 0 Å². The third kappa shape index (κ3) is 3.42. The van der Waals surface area contributed by atoms with Crippen molar-refractivity contribution in [3.05, 3.63) is 29.8 Å². The Morgan fingerprint density at radius 2 is 2.14 bits per heavy atom. The normalized spacial score (nSPS) is 27.1. The number of carbonyl (C=O) groups is 1. The summed E-state index contributed by atoms with van der Waals surface area (Å²) in [6.07, 6.45) is 1.58. The summed E-state index contributed by atoms with van der Waals surface area (Å²) in [6.45, 7) is 2.90. The highest BCUT2D eigenvalue weighted by Crippen LogP contribution is 2.40. The van der Waals surface area contributed by atoms with E-state index in [2.05, 4.69) is 10.2 Å². The number of nitrogens with zero attached hydrogens (tertiary/aromatic N) is 1. The van der Waals surface area contributed by atoms with Crippen molar-refractivity contribution in [1.82, 2.24) is 10.2 Å². The van der Waals surface area contributed by atoms with Crippen LogP contribution in [0.25, 0.3) is 0 Å². The first-order valence-corrected chi connectivity index (χ1v) is 7.96. The number of hydrogen-bond donors (Lipinski definition) is 2. The van der Waals surface area contributed by atoms with E-state index in [0.29, 0.717) is 24.9 Å². The Labute approximate surface area is 131 Å². The third-order valence-electron chi connectivity index (χ3n) is 4.87. The minimum atomic E-state index is -0.145. The van der Waals surface area contributed by atoms with Crippen LogP contribution in [0.4, 0.5) is 0 Å². The third-order valence-corrected chi connectivity index (χ3v) is 4.87. The number of aliphatic hydroxyl groups is 1. The molecule has 1 heterocycles. The predicted molar refractivity (Wildman–Crippen MR) is 83.8 cm³/mol. The number of likely N-dealkylation sites (tertiary alicyclic amines) is 1. The van der Waals surface area contributed by atoms with Crippen LogP contribution in [0.2, 0.25) is 0 Å². The molecule has 1 amide bonds. The smallest absolute Gasteiger partial charge is 0.234 e. The molecule has 2 aliphatic rings. The molecule has 5 nitrogen and oxygen atoms in total. The fraction of sp³-hybridized carbons (Fsp3) is 0.588. The fourth-order valence-electron chi connectivity index (χ4n) is 3.49. The standard InChI is InChI=1S/C17H24N2O3/c1-22-14-4-2-12(3-5-14)6-7-18-17(21)11-19-9-13-8-16(20)15(13)10-19/h2-5,13,15-16,20H,6-11H2,1H3,(H,18,21)/t13-,15+,16+/m1/s1. The molecule has 2 N–H and O–H groups in total. The monoisotopic (exact) mass is 304 g/mol. The number of nitrogens with one attached hydrogen (secondary N) is 1. The Morgan fingerprint density at radius 3 is 2.77 bits per heavy atom. The number of carbonyl (C=O) groups excluding carboxylic acids is 1. The van der Waals surface area contributed by atoms with Crippen molar-refractivity contribution < 1.29 is 14.6 Å². The van der Waals surface area contributed by atoms with Crippen molar-refractivity contribution in [2.45, 2.75) is 18.9 Å². The molecule has 1 aromatic rings. The summed E-state index contributed by atoms with van der Waals surface area (Å²) in [5, 5.41) is 12.6. The second kappa shape index (κ2) is 6.67. The van der Waals surface area contributed by atoms with Crippen molar-refractivity contribution in [3.8, 4) is 5.75 Å². The Bertz CT molecular complexity index is 517. The van der Waals surface area contributed by atoms with E-state index < -0.39 is 0 Å². The second-order valence-corrected chi connectivity index (χ2v) is 6.37. The van der Waals surface area contributed by atoms with Crippen molar-refractivity contribution in [2.24, 2.45) is 11.8 Å². The van der Waals surface area contributed by atoms with Crippen LogP contribution in [0, 0.1) is 11.8 Å². The summed E-state index contributed by atoms with van der Waals surface area (Å²) in [6, 6.07) is 7.90. The van der Waals surface area contributed by atoms with Gasteiger partial charge in [0.25, 0.3) is 0 Å². The van der Waals surface area contributed by atoms with Crippen LogP contribution in [0.1, 0.15) is 12.0 Å². The van der Waals surface area contributed by atoms with Gasteiger partial charge in [-0.1, -0.05) is 12.1 Å². The molecule has 3 rings (SSSR count). The average molecular weight is 304 g/mol. The van der Waals surface area contributed by atoms with Gasteiger partial charge in [0.15, 0.2) is 0 Å². The minimum Gasteiger partial charge on any atom is -0.497 e. The summed E-state index contributed by atoms with van der Waals surface area (Å²) in [5.74, 6) is 1.91. The van der Waals surface area contributed by atoms with Gasteiger partial charge in [-0.3, -0.25) is 9.69 Å². The lowest BCUT2D eigenvalue weighted by Gasteiger charge is -2.35. The van der Waals surface area contributed by atoms with Gasteiger partial charge in [0.2, 0.25) is 5.91 Å². The zero-order valence-electron chi connectivity index (χ0n) is 13.0. The number of fused-ring (bicyclic) bond motifs is 1. The van der Waals surface area contributed by atoms with Gasteiger partial charge >= 0.3 is 0 Å². The lowest BCUT2D eigenvalue weighted by molar-refractivity contribution is -0.122. The molecule has 120 valence electrons. The zero-order valence-corrected chi connectivity index (χ0v) is 13.0. The summed E-state index contributed by atoms with van der Waals surface area (Å²) >= 11 is 0. The van der Waals surface area contributed by atoms with Crippen LogP contribution >= 0.6 is 0 Å². The molecule has 1 aliphatic carbocycles. The van der Waals surface area contributed by atoms with Gasteiger partial charge < -0.3 is 15.2 Å².